The highest BCUT2D eigenvalue weighted by Gasteiger charge is 2.08. The van der Waals surface area contributed by atoms with Crippen molar-refractivity contribution in [3.63, 3.8) is 0 Å². The molecule has 0 aliphatic carbocycles. The Kier molecular flexibility index (Phi) is 4.59. The number of hydrogen-bond acceptors (Lipinski definition) is 1. The minimum Gasteiger partial charge on any atom is -0.655 e. The topological polar surface area (TPSA) is 14.1 Å². The molecule has 1 nitrogen and oxygen atoms in total. The van der Waals surface area contributed by atoms with Gasteiger partial charge >= 0.3 is 0 Å². The van der Waals surface area contributed by atoms with Gasteiger partial charge in [0, 0.05) is 0 Å². The van der Waals surface area contributed by atoms with Crippen LogP contribution in [0.3, 0.4) is 0 Å². The van der Waals surface area contributed by atoms with Crippen molar-refractivity contribution in [1.29, 1.82) is 0 Å². The molecule has 14 heavy (non-hydrogen) atoms. The van der Waals surface area contributed by atoms with Crippen LogP contribution < -0.4 is 0 Å². The van der Waals surface area contributed by atoms with Crippen molar-refractivity contribution in [1.82, 2.24) is 0 Å². The van der Waals surface area contributed by atoms with Gasteiger partial charge in [0.05, 0.1) is 0 Å². The molecule has 1 aliphatic heterocycles. The van der Waals surface area contributed by atoms with Crippen LogP contribution in [0.15, 0.2) is 21.2 Å². The van der Waals surface area contributed by atoms with E-state index < -0.39 is 0 Å². The molecule has 0 amide bonds. The van der Waals surface area contributed by atoms with Crippen molar-refractivity contribution in [2.24, 2.45) is 0 Å². The molecule has 80 valence electrons. The molecule has 0 aromatic rings. The predicted octanol–water partition coefficient (Wildman–Crippen LogP) is 5.17. The van der Waals surface area contributed by atoms with Crippen LogP contribution in [0.25, 0.3) is 5.32 Å². The van der Waals surface area contributed by atoms with Crippen LogP contribution in [0.2, 0.25) is 0 Å². The molecule has 0 atom stereocenters. The first-order chi connectivity index (χ1) is 6.69. The van der Waals surface area contributed by atoms with Gasteiger partial charge in [-0.05, 0) is 31.6 Å². The number of hydrogen-bond donors (Lipinski definition) is 0. The van der Waals surface area contributed by atoms with Crippen LogP contribution in [-0.2, 0) is 0 Å². The maximum absolute atomic E-state index is 4.70. The normalized spacial score (nSPS) is 16.1. The highest BCUT2D eigenvalue weighted by Crippen LogP contribution is 2.47. The van der Waals surface area contributed by atoms with E-state index in [1.54, 1.807) is 0 Å². The van der Waals surface area contributed by atoms with Crippen molar-refractivity contribution in [3.8, 4) is 0 Å². The van der Waals surface area contributed by atoms with E-state index in [9.17, 15) is 0 Å². The lowest BCUT2D eigenvalue weighted by Gasteiger charge is -2.21. The largest absolute Gasteiger partial charge is 0.655 e. The summed E-state index contributed by atoms with van der Waals surface area (Å²) in [5, 5.41) is 5.93. The molecule has 0 spiro atoms. The summed E-state index contributed by atoms with van der Waals surface area (Å²) < 4.78 is 0. The fourth-order valence-electron chi connectivity index (χ4n) is 1.45. The number of allylic oxidation sites excluding steroid dienone is 3. The zero-order valence-corrected chi connectivity index (χ0v) is 10.5. The first-order valence-electron chi connectivity index (χ1n) is 5.48. The van der Waals surface area contributed by atoms with Gasteiger partial charge in [-0.25, -0.2) is 0 Å². The zero-order chi connectivity index (χ0) is 10.6. The Morgan fingerprint density at radius 1 is 1.14 bits per heavy atom. The molecule has 0 aromatic carbocycles. The Balaban J connectivity index is 2.73. The monoisotopic (exact) mass is 210 g/mol. The van der Waals surface area contributed by atoms with Gasteiger partial charge in [0.25, 0.3) is 0 Å². The van der Waals surface area contributed by atoms with Crippen LogP contribution in [-0.4, -0.2) is 0 Å². The molecule has 0 bridgehead atoms. The van der Waals surface area contributed by atoms with Gasteiger partial charge in [0.2, 0.25) is 0 Å². The first kappa shape index (κ1) is 11.7. The molecule has 1 rings (SSSR count). The number of rotatable bonds is 4. The Morgan fingerprint density at radius 3 is 2.29 bits per heavy atom. The van der Waals surface area contributed by atoms with Crippen LogP contribution in [0.5, 0.6) is 0 Å². The molecule has 0 unspecified atom stereocenters. The SMILES string of the molecule is CCCC1=C(CCC)SC(=C(C)C)[N-]1. The van der Waals surface area contributed by atoms with Crippen molar-refractivity contribution in [2.75, 3.05) is 0 Å². The molecule has 0 saturated heterocycles. The molecule has 0 N–H and O–H groups in total. The lowest BCUT2D eigenvalue weighted by atomic mass is 10.2. The summed E-state index contributed by atoms with van der Waals surface area (Å²) in [5.41, 5.74) is 2.69. The van der Waals surface area contributed by atoms with Crippen molar-refractivity contribution >= 4 is 11.8 Å². The fourth-order valence-corrected chi connectivity index (χ4v) is 2.62. The highest BCUT2D eigenvalue weighted by atomic mass is 32.2. The molecule has 0 aromatic heterocycles. The van der Waals surface area contributed by atoms with E-state index in [1.807, 2.05) is 11.8 Å². The zero-order valence-electron chi connectivity index (χ0n) is 9.68. The van der Waals surface area contributed by atoms with Crippen molar-refractivity contribution in [3.05, 3.63) is 26.5 Å². The summed E-state index contributed by atoms with van der Waals surface area (Å²) in [6, 6.07) is 0. The Labute approximate surface area is 92.0 Å². The van der Waals surface area contributed by atoms with Gasteiger partial charge in [-0.15, -0.1) is 17.5 Å². The van der Waals surface area contributed by atoms with E-state index in [4.69, 9.17) is 5.32 Å². The van der Waals surface area contributed by atoms with E-state index in [2.05, 4.69) is 27.7 Å². The molecule has 0 saturated carbocycles. The maximum Gasteiger partial charge on any atom is -0.0234 e. The van der Waals surface area contributed by atoms with Crippen LogP contribution >= 0.6 is 11.8 Å². The summed E-state index contributed by atoms with van der Waals surface area (Å²) in [6.07, 6.45) is 4.75. The van der Waals surface area contributed by atoms with Crippen LogP contribution in [0.4, 0.5) is 0 Å². The number of thioether (sulfide) groups is 1. The first-order valence-corrected chi connectivity index (χ1v) is 6.29. The molecular formula is C12H20NS-. The molecule has 0 fully saturated rings. The van der Waals surface area contributed by atoms with Crippen LogP contribution in [0.1, 0.15) is 53.4 Å². The quantitative estimate of drug-likeness (QED) is 0.624. The third-order valence-corrected chi connectivity index (χ3v) is 3.55. The van der Waals surface area contributed by atoms with E-state index in [0.29, 0.717) is 0 Å². The van der Waals surface area contributed by atoms with Gasteiger partial charge < -0.3 is 5.32 Å². The van der Waals surface area contributed by atoms with Gasteiger partial charge in [0.1, 0.15) is 0 Å². The highest BCUT2D eigenvalue weighted by molar-refractivity contribution is 8.07. The third-order valence-electron chi connectivity index (χ3n) is 2.17. The van der Waals surface area contributed by atoms with Crippen LogP contribution in [0, 0.1) is 0 Å². The van der Waals surface area contributed by atoms with Gasteiger partial charge in [0.15, 0.2) is 0 Å². The lowest BCUT2D eigenvalue weighted by Crippen LogP contribution is -1.81. The second kappa shape index (κ2) is 5.50. The second-order valence-electron chi connectivity index (χ2n) is 3.89. The smallest absolute Gasteiger partial charge is 0.0234 e. The molecular weight excluding hydrogens is 190 g/mol. The standard InChI is InChI=1S/C12H20NS/c1-5-7-10-11(8-6-2)14-12(13-10)9(3)4/h5-8H2,1-4H3/q-1. The second-order valence-corrected chi connectivity index (χ2v) is 4.97. The summed E-state index contributed by atoms with van der Waals surface area (Å²) >= 11 is 1.88. The summed E-state index contributed by atoms with van der Waals surface area (Å²) in [6.45, 7) is 8.74. The summed E-state index contributed by atoms with van der Waals surface area (Å²) in [7, 11) is 0. The summed E-state index contributed by atoms with van der Waals surface area (Å²) in [4.78, 5) is 1.51. The van der Waals surface area contributed by atoms with E-state index in [-0.39, 0.29) is 0 Å². The summed E-state index contributed by atoms with van der Waals surface area (Å²) in [5.74, 6) is 0. The molecule has 1 heterocycles. The van der Waals surface area contributed by atoms with E-state index in [1.165, 1.54) is 40.5 Å². The van der Waals surface area contributed by atoms with Gasteiger partial charge in [-0.3, -0.25) is 0 Å². The van der Waals surface area contributed by atoms with Gasteiger partial charge in [-0.2, -0.15) is 0 Å². The average molecular weight is 210 g/mol. The van der Waals surface area contributed by atoms with Gasteiger partial charge in [-0.1, -0.05) is 37.3 Å². The maximum atomic E-state index is 4.70. The molecule has 0 radical (unpaired) electrons. The van der Waals surface area contributed by atoms with E-state index in [0.717, 1.165) is 6.42 Å². The predicted molar refractivity (Wildman–Crippen MR) is 66.2 cm³/mol. The van der Waals surface area contributed by atoms with E-state index >= 15 is 0 Å². The molecule has 1 aliphatic rings. The minimum atomic E-state index is 1.14. The fraction of sp³-hybridized carbons (Fsp3) is 0.667. The lowest BCUT2D eigenvalue weighted by molar-refractivity contribution is 0.884. The Bertz CT molecular complexity index is 239. The Morgan fingerprint density at radius 2 is 1.79 bits per heavy atom. The third kappa shape index (κ3) is 2.81. The van der Waals surface area contributed by atoms with Crippen molar-refractivity contribution in [2.45, 2.75) is 53.4 Å². The minimum absolute atomic E-state index is 1.14. The Hall–Kier alpha value is -0.370. The average Bonchev–Trinajstić information content (AvgIpc) is 2.50. The number of nitrogens with zero attached hydrogens (tertiary/aromatic N) is 1. The van der Waals surface area contributed by atoms with Crippen molar-refractivity contribution < 1.29 is 0 Å². The molecule has 2 heteroatoms.